The second-order valence-corrected chi connectivity index (χ2v) is 3.87. The molecule has 0 saturated carbocycles. The second kappa shape index (κ2) is 6.50. The van der Waals surface area contributed by atoms with E-state index < -0.39 is 0 Å². The third kappa shape index (κ3) is 3.67. The largest absolute Gasteiger partial charge is 0.497 e. The van der Waals surface area contributed by atoms with E-state index in [-0.39, 0.29) is 0 Å². The Morgan fingerprint density at radius 1 is 0.944 bits per heavy atom. The van der Waals surface area contributed by atoms with Crippen LogP contribution in [-0.2, 0) is 11.3 Å². The molecule has 92 valence electrons. The van der Waals surface area contributed by atoms with Crippen molar-refractivity contribution in [3.05, 3.63) is 72.0 Å². The minimum Gasteiger partial charge on any atom is -0.497 e. The van der Waals surface area contributed by atoms with Crippen LogP contribution in [0.5, 0.6) is 5.75 Å². The maximum atomic E-state index is 5.47. The van der Waals surface area contributed by atoms with Crippen LogP contribution in [0.25, 0.3) is 6.08 Å². The van der Waals surface area contributed by atoms with Crippen molar-refractivity contribution in [1.29, 1.82) is 0 Å². The summed E-state index contributed by atoms with van der Waals surface area (Å²) >= 11 is 0. The lowest BCUT2D eigenvalue weighted by Crippen LogP contribution is -1.85. The molecule has 0 aromatic heterocycles. The van der Waals surface area contributed by atoms with Gasteiger partial charge in [0.05, 0.1) is 13.4 Å². The molecule has 0 aliphatic rings. The van der Waals surface area contributed by atoms with Crippen LogP contribution in [0, 0.1) is 0 Å². The van der Waals surface area contributed by atoms with Gasteiger partial charge in [-0.25, -0.2) is 0 Å². The van der Waals surface area contributed by atoms with E-state index in [1.165, 1.54) is 0 Å². The summed E-state index contributed by atoms with van der Waals surface area (Å²) in [5, 5.41) is 0. The molecule has 18 heavy (non-hydrogen) atoms. The van der Waals surface area contributed by atoms with Crippen molar-refractivity contribution in [3.8, 4) is 5.75 Å². The van der Waals surface area contributed by atoms with Gasteiger partial charge in [-0.1, -0.05) is 42.5 Å². The maximum Gasteiger partial charge on any atom is 0.118 e. The van der Waals surface area contributed by atoms with Gasteiger partial charge in [-0.2, -0.15) is 0 Å². The average molecular weight is 240 g/mol. The summed E-state index contributed by atoms with van der Waals surface area (Å²) in [6.45, 7) is 0.591. The van der Waals surface area contributed by atoms with E-state index in [0.29, 0.717) is 6.61 Å². The number of methoxy groups -OCH3 is 1. The van der Waals surface area contributed by atoms with Crippen LogP contribution in [0.15, 0.2) is 60.9 Å². The lowest BCUT2D eigenvalue weighted by atomic mass is 10.2. The molecule has 0 N–H and O–H groups in total. The molecule has 0 radical (unpaired) electrons. The Kier molecular flexibility index (Phi) is 4.42. The number of hydrogen-bond acceptors (Lipinski definition) is 2. The van der Waals surface area contributed by atoms with Gasteiger partial charge in [0, 0.05) is 0 Å². The Bertz CT molecular complexity index is 486. The topological polar surface area (TPSA) is 18.5 Å². The summed E-state index contributed by atoms with van der Waals surface area (Å²) in [7, 11) is 1.66. The zero-order valence-corrected chi connectivity index (χ0v) is 10.4. The Hall–Kier alpha value is -2.22. The van der Waals surface area contributed by atoms with Gasteiger partial charge in [-0.05, 0) is 29.3 Å². The predicted molar refractivity (Wildman–Crippen MR) is 73.3 cm³/mol. The molecule has 2 aromatic carbocycles. The molecule has 2 nitrogen and oxygen atoms in total. The Morgan fingerprint density at radius 3 is 2.33 bits per heavy atom. The van der Waals surface area contributed by atoms with E-state index in [9.17, 15) is 0 Å². The van der Waals surface area contributed by atoms with Gasteiger partial charge in [0.15, 0.2) is 0 Å². The summed E-state index contributed by atoms with van der Waals surface area (Å²) < 4.78 is 10.6. The molecular formula is C16H16O2. The van der Waals surface area contributed by atoms with E-state index in [4.69, 9.17) is 9.47 Å². The number of rotatable bonds is 5. The smallest absolute Gasteiger partial charge is 0.118 e. The molecule has 2 heteroatoms. The van der Waals surface area contributed by atoms with Crippen LogP contribution < -0.4 is 4.74 Å². The van der Waals surface area contributed by atoms with E-state index in [2.05, 4.69) is 0 Å². The van der Waals surface area contributed by atoms with E-state index in [1.807, 2.05) is 60.7 Å². The molecular weight excluding hydrogens is 224 g/mol. The molecule has 2 rings (SSSR count). The van der Waals surface area contributed by atoms with Gasteiger partial charge in [-0.15, -0.1) is 0 Å². The van der Waals surface area contributed by atoms with Gasteiger partial charge >= 0.3 is 0 Å². The molecule has 0 aliphatic heterocycles. The van der Waals surface area contributed by atoms with Crippen molar-refractivity contribution >= 4 is 6.08 Å². The molecule has 0 fully saturated rings. The molecule has 0 atom stereocenters. The normalized spacial score (nSPS) is 10.5. The molecule has 0 bridgehead atoms. The number of benzene rings is 2. The molecule has 0 amide bonds. The maximum absolute atomic E-state index is 5.47. The highest BCUT2D eigenvalue weighted by Crippen LogP contribution is 2.12. The van der Waals surface area contributed by atoms with Crippen LogP contribution in [-0.4, -0.2) is 7.11 Å². The average Bonchev–Trinajstić information content (AvgIpc) is 2.45. The van der Waals surface area contributed by atoms with Crippen LogP contribution in [0.4, 0.5) is 0 Å². The van der Waals surface area contributed by atoms with Crippen molar-refractivity contribution in [2.45, 2.75) is 6.61 Å². The van der Waals surface area contributed by atoms with Gasteiger partial charge in [0.2, 0.25) is 0 Å². The van der Waals surface area contributed by atoms with Crippen LogP contribution in [0.2, 0.25) is 0 Å². The summed E-state index contributed by atoms with van der Waals surface area (Å²) in [5.74, 6) is 0.859. The van der Waals surface area contributed by atoms with Crippen LogP contribution >= 0.6 is 0 Å². The third-order valence-corrected chi connectivity index (χ3v) is 2.57. The molecule has 0 heterocycles. The van der Waals surface area contributed by atoms with Gasteiger partial charge in [-0.3, -0.25) is 0 Å². The highest BCUT2D eigenvalue weighted by atomic mass is 16.5. The van der Waals surface area contributed by atoms with Crippen molar-refractivity contribution < 1.29 is 9.47 Å². The lowest BCUT2D eigenvalue weighted by Gasteiger charge is -2.01. The summed E-state index contributed by atoms with van der Waals surface area (Å²) in [6, 6.07) is 17.9. The summed E-state index contributed by atoms with van der Waals surface area (Å²) in [5.41, 5.74) is 2.25. The van der Waals surface area contributed by atoms with Gasteiger partial charge in [0.1, 0.15) is 12.4 Å². The Balaban J connectivity index is 1.84. The standard InChI is InChI=1S/C16H16O2/c1-17-16-9-7-14(8-10-16)11-12-18-13-15-5-3-2-4-6-15/h2-12H,13H2,1H3/b12-11-. The van der Waals surface area contributed by atoms with E-state index in [0.717, 1.165) is 16.9 Å². The molecule has 0 spiro atoms. The Labute approximate surface area is 107 Å². The first kappa shape index (κ1) is 12.2. The zero-order valence-electron chi connectivity index (χ0n) is 10.4. The monoisotopic (exact) mass is 240 g/mol. The first-order chi connectivity index (χ1) is 8.88. The predicted octanol–water partition coefficient (Wildman–Crippen LogP) is 3.88. The minimum atomic E-state index is 0.591. The quantitative estimate of drug-likeness (QED) is 0.738. The number of ether oxygens (including phenoxy) is 2. The highest BCUT2D eigenvalue weighted by molar-refractivity contribution is 5.49. The first-order valence-corrected chi connectivity index (χ1v) is 5.84. The first-order valence-electron chi connectivity index (χ1n) is 5.84. The number of hydrogen-bond donors (Lipinski definition) is 0. The van der Waals surface area contributed by atoms with Crippen molar-refractivity contribution in [2.24, 2.45) is 0 Å². The molecule has 0 aliphatic carbocycles. The van der Waals surface area contributed by atoms with Crippen LogP contribution in [0.3, 0.4) is 0 Å². The Morgan fingerprint density at radius 2 is 1.67 bits per heavy atom. The van der Waals surface area contributed by atoms with Gasteiger partial charge in [0.25, 0.3) is 0 Å². The summed E-state index contributed by atoms with van der Waals surface area (Å²) in [6.07, 6.45) is 3.65. The van der Waals surface area contributed by atoms with E-state index >= 15 is 0 Å². The lowest BCUT2D eigenvalue weighted by molar-refractivity contribution is 0.239. The van der Waals surface area contributed by atoms with Crippen LogP contribution in [0.1, 0.15) is 11.1 Å². The summed E-state index contributed by atoms with van der Waals surface area (Å²) in [4.78, 5) is 0. The second-order valence-electron chi connectivity index (χ2n) is 3.87. The molecule has 2 aromatic rings. The fraction of sp³-hybridized carbons (Fsp3) is 0.125. The third-order valence-electron chi connectivity index (χ3n) is 2.57. The van der Waals surface area contributed by atoms with E-state index in [1.54, 1.807) is 13.4 Å². The van der Waals surface area contributed by atoms with Crippen molar-refractivity contribution in [1.82, 2.24) is 0 Å². The van der Waals surface area contributed by atoms with Gasteiger partial charge < -0.3 is 9.47 Å². The SMILES string of the molecule is COc1ccc(/C=C\OCc2ccccc2)cc1. The fourth-order valence-corrected chi connectivity index (χ4v) is 1.56. The van der Waals surface area contributed by atoms with Crippen molar-refractivity contribution in [2.75, 3.05) is 7.11 Å². The molecule has 0 saturated heterocycles. The highest BCUT2D eigenvalue weighted by Gasteiger charge is 1.91. The zero-order chi connectivity index (χ0) is 12.6. The fourth-order valence-electron chi connectivity index (χ4n) is 1.56. The van der Waals surface area contributed by atoms with Crippen molar-refractivity contribution in [3.63, 3.8) is 0 Å². The minimum absolute atomic E-state index is 0.591. The molecule has 0 unspecified atom stereocenters.